The molecule has 0 aliphatic carbocycles. The van der Waals surface area contributed by atoms with Gasteiger partial charge in [0.15, 0.2) is 0 Å². The van der Waals surface area contributed by atoms with E-state index < -0.39 is 10.0 Å². The van der Waals surface area contributed by atoms with E-state index in [-0.39, 0.29) is 11.8 Å². The van der Waals surface area contributed by atoms with Gasteiger partial charge >= 0.3 is 0 Å². The molecule has 7 nitrogen and oxygen atoms in total. The summed E-state index contributed by atoms with van der Waals surface area (Å²) in [6.45, 7) is 7.94. The molecular weight excluding hydrogens is 372 g/mol. The Balaban J connectivity index is 1.65. The minimum Gasteiger partial charge on any atom is -0.356 e. The number of aromatic nitrogens is 1. The molecule has 2 heterocycles. The Labute approximate surface area is 160 Å². The van der Waals surface area contributed by atoms with Crippen LogP contribution in [0.3, 0.4) is 0 Å². The normalized spacial score (nSPS) is 16.9. The highest BCUT2D eigenvalue weighted by Crippen LogP contribution is 2.20. The molecule has 9 heteroatoms. The highest BCUT2D eigenvalue weighted by molar-refractivity contribution is 7.88. The Hall–Kier alpha value is -1.03. The van der Waals surface area contributed by atoms with Gasteiger partial charge < -0.3 is 5.32 Å². The second-order valence-electron chi connectivity index (χ2n) is 6.81. The molecule has 26 heavy (non-hydrogen) atoms. The first-order valence-corrected chi connectivity index (χ1v) is 11.9. The third-order valence-electron chi connectivity index (χ3n) is 4.72. The van der Waals surface area contributed by atoms with E-state index >= 15 is 0 Å². The molecule has 1 aromatic heterocycles. The van der Waals surface area contributed by atoms with Crippen LogP contribution in [0.15, 0.2) is 5.38 Å². The van der Waals surface area contributed by atoms with E-state index in [1.807, 2.05) is 13.8 Å². The fourth-order valence-electron chi connectivity index (χ4n) is 3.23. The maximum absolute atomic E-state index is 12.3. The summed E-state index contributed by atoms with van der Waals surface area (Å²) in [4.78, 5) is 19.2. The molecule has 0 saturated carbocycles. The molecule has 0 unspecified atom stereocenters. The van der Waals surface area contributed by atoms with Crippen LogP contribution in [0.5, 0.6) is 0 Å². The van der Waals surface area contributed by atoms with Gasteiger partial charge in [-0.2, -0.15) is 0 Å². The Morgan fingerprint density at radius 1 is 1.42 bits per heavy atom. The molecule has 1 amide bonds. The summed E-state index contributed by atoms with van der Waals surface area (Å²) in [6, 6.07) is 0. The summed E-state index contributed by atoms with van der Waals surface area (Å²) < 4.78 is 24.5. The summed E-state index contributed by atoms with van der Waals surface area (Å²) in [5, 5.41) is 6.15. The molecule has 0 aromatic carbocycles. The summed E-state index contributed by atoms with van der Waals surface area (Å²) in [5.41, 5.74) is 1.11. The molecule has 148 valence electrons. The zero-order valence-electron chi connectivity index (χ0n) is 15.9. The number of nitrogens with one attached hydrogen (secondary N) is 1. The third kappa shape index (κ3) is 6.61. The van der Waals surface area contributed by atoms with Crippen LogP contribution >= 0.6 is 11.3 Å². The second kappa shape index (κ2) is 9.77. The van der Waals surface area contributed by atoms with Crippen LogP contribution in [0.4, 0.5) is 0 Å². The maximum atomic E-state index is 12.3. The summed E-state index contributed by atoms with van der Waals surface area (Å²) in [7, 11) is -3.16. The number of aryl methyl sites for hydroxylation is 1. The number of thiazole rings is 1. The molecule has 1 aliphatic heterocycles. The summed E-state index contributed by atoms with van der Waals surface area (Å²) in [6.07, 6.45) is 3.57. The Morgan fingerprint density at radius 2 is 2.12 bits per heavy atom. The summed E-state index contributed by atoms with van der Waals surface area (Å²) in [5.74, 6) is 0.150. The predicted octanol–water partition coefficient (Wildman–Crippen LogP) is 1.45. The average Bonchev–Trinajstić information content (AvgIpc) is 2.99. The van der Waals surface area contributed by atoms with Gasteiger partial charge in [-0.15, -0.1) is 11.3 Å². The van der Waals surface area contributed by atoms with Crippen LogP contribution in [-0.4, -0.2) is 67.5 Å². The number of sulfonamides is 1. The highest BCUT2D eigenvalue weighted by Gasteiger charge is 2.25. The van der Waals surface area contributed by atoms with E-state index in [9.17, 15) is 13.2 Å². The van der Waals surface area contributed by atoms with Gasteiger partial charge in [0, 0.05) is 37.5 Å². The summed E-state index contributed by atoms with van der Waals surface area (Å²) >= 11 is 1.67. The Morgan fingerprint density at radius 3 is 2.65 bits per heavy atom. The minimum atomic E-state index is -3.16. The number of rotatable bonds is 9. The molecule has 1 fully saturated rings. The lowest BCUT2D eigenvalue weighted by atomic mass is 9.96. The molecule has 0 spiro atoms. The van der Waals surface area contributed by atoms with E-state index in [4.69, 9.17) is 0 Å². The Bertz CT molecular complexity index is 682. The van der Waals surface area contributed by atoms with Gasteiger partial charge in [-0.1, -0.05) is 6.92 Å². The lowest BCUT2D eigenvalue weighted by Crippen LogP contribution is -2.41. The van der Waals surface area contributed by atoms with Crippen molar-refractivity contribution in [2.45, 2.75) is 39.7 Å². The predicted molar refractivity (Wildman–Crippen MR) is 105 cm³/mol. The quantitative estimate of drug-likeness (QED) is 0.632. The Kier molecular flexibility index (Phi) is 8.00. The lowest BCUT2D eigenvalue weighted by Gasteiger charge is -2.30. The molecule has 2 rings (SSSR count). The van der Waals surface area contributed by atoms with E-state index in [0.717, 1.165) is 43.2 Å². The van der Waals surface area contributed by atoms with E-state index in [0.29, 0.717) is 26.1 Å². The first kappa shape index (κ1) is 21.3. The van der Waals surface area contributed by atoms with Gasteiger partial charge in [0.1, 0.15) is 0 Å². The van der Waals surface area contributed by atoms with E-state index in [2.05, 4.69) is 20.6 Å². The van der Waals surface area contributed by atoms with Gasteiger partial charge in [0.25, 0.3) is 0 Å². The van der Waals surface area contributed by atoms with Crippen LogP contribution in [0.1, 0.15) is 36.9 Å². The zero-order chi connectivity index (χ0) is 19.2. The molecular formula is C17H30N4O3S2. The van der Waals surface area contributed by atoms with Crippen molar-refractivity contribution in [2.75, 3.05) is 39.0 Å². The van der Waals surface area contributed by atoms with Gasteiger partial charge in [0.2, 0.25) is 15.9 Å². The number of hydrogen-bond acceptors (Lipinski definition) is 6. The molecule has 0 radical (unpaired) electrons. The van der Waals surface area contributed by atoms with Crippen LogP contribution < -0.4 is 5.32 Å². The van der Waals surface area contributed by atoms with Crippen molar-refractivity contribution in [3.05, 3.63) is 16.1 Å². The van der Waals surface area contributed by atoms with Crippen molar-refractivity contribution in [3.63, 3.8) is 0 Å². The molecule has 0 bridgehead atoms. The van der Waals surface area contributed by atoms with E-state index in [1.54, 1.807) is 11.3 Å². The number of nitrogens with zero attached hydrogens (tertiary/aromatic N) is 3. The van der Waals surface area contributed by atoms with Gasteiger partial charge in [0.05, 0.1) is 17.0 Å². The third-order valence-corrected chi connectivity index (χ3v) is 6.92. The van der Waals surface area contributed by atoms with Gasteiger partial charge in [-0.05, 0) is 39.3 Å². The van der Waals surface area contributed by atoms with Gasteiger partial charge in [-0.3, -0.25) is 9.69 Å². The maximum Gasteiger partial charge on any atom is 0.223 e. The molecule has 0 atom stereocenters. The number of amides is 1. The van der Waals surface area contributed by atoms with Crippen molar-refractivity contribution in [1.29, 1.82) is 0 Å². The monoisotopic (exact) mass is 402 g/mol. The number of piperidine rings is 1. The van der Waals surface area contributed by atoms with E-state index in [1.165, 1.54) is 10.6 Å². The fourth-order valence-corrected chi connectivity index (χ4v) is 4.77. The zero-order valence-corrected chi connectivity index (χ0v) is 17.5. The van der Waals surface area contributed by atoms with Crippen LogP contribution in [0.25, 0.3) is 0 Å². The van der Waals surface area contributed by atoms with Gasteiger partial charge in [-0.25, -0.2) is 17.7 Å². The topological polar surface area (TPSA) is 82.6 Å². The second-order valence-corrected chi connectivity index (χ2v) is 9.85. The largest absolute Gasteiger partial charge is 0.356 e. The smallest absolute Gasteiger partial charge is 0.223 e. The van der Waals surface area contributed by atoms with Crippen molar-refractivity contribution in [3.8, 4) is 0 Å². The SMILES string of the molecule is CCN(CCCNC(=O)C1CCN(Cc2csc(C)n2)CC1)S(C)(=O)=O. The number of carbonyl (C=O) groups is 1. The molecule has 1 aromatic rings. The van der Waals surface area contributed by atoms with Crippen LogP contribution in [0.2, 0.25) is 0 Å². The molecule has 1 saturated heterocycles. The lowest BCUT2D eigenvalue weighted by molar-refractivity contribution is -0.126. The average molecular weight is 403 g/mol. The van der Waals surface area contributed by atoms with Crippen molar-refractivity contribution in [1.82, 2.24) is 19.5 Å². The van der Waals surface area contributed by atoms with Crippen molar-refractivity contribution in [2.24, 2.45) is 5.92 Å². The fraction of sp³-hybridized carbons (Fsp3) is 0.765. The highest BCUT2D eigenvalue weighted by atomic mass is 32.2. The van der Waals surface area contributed by atoms with Crippen LogP contribution in [-0.2, 0) is 21.4 Å². The number of hydrogen-bond donors (Lipinski definition) is 1. The molecule has 1 aliphatic rings. The van der Waals surface area contributed by atoms with Crippen molar-refractivity contribution >= 4 is 27.3 Å². The first-order valence-electron chi connectivity index (χ1n) is 9.15. The number of likely N-dealkylation sites (tertiary alicyclic amines) is 1. The molecule has 1 N–H and O–H groups in total. The number of carbonyl (C=O) groups excluding carboxylic acids is 1. The van der Waals surface area contributed by atoms with Crippen molar-refractivity contribution < 1.29 is 13.2 Å². The minimum absolute atomic E-state index is 0.0561. The first-order chi connectivity index (χ1) is 12.3. The van der Waals surface area contributed by atoms with Crippen LogP contribution in [0, 0.1) is 12.8 Å². The standard InChI is InChI=1S/C17H30N4O3S2/c1-4-21(26(3,23)24)9-5-8-18-17(22)15-6-10-20(11-7-15)12-16-13-25-14(2)19-16/h13,15H,4-12H2,1-3H3,(H,18,22).